The van der Waals surface area contributed by atoms with Crippen LogP contribution in [-0.2, 0) is 4.79 Å². The Morgan fingerprint density at radius 3 is 2.37 bits per heavy atom. The smallest absolute Gasteiger partial charge is 0.333 e. The zero-order valence-corrected chi connectivity index (χ0v) is 10.9. The first-order valence-electron chi connectivity index (χ1n) is 5.62. The predicted molar refractivity (Wildman–Crippen MR) is 66.5 cm³/mol. The maximum absolute atomic E-state index is 12.0. The van der Waals surface area contributed by atoms with E-state index in [-0.39, 0.29) is 11.3 Å². The number of methoxy groups -OCH3 is 1. The highest BCUT2D eigenvalue weighted by molar-refractivity contribution is 6.02. The molecule has 1 aromatic rings. The molecule has 6 heteroatoms. The molecule has 0 amide bonds. The molecule has 3 N–H and O–H groups in total. The normalized spacial score (nSPS) is 13.7. The maximum Gasteiger partial charge on any atom is 0.333 e. The molecule has 0 aliphatic rings. The fourth-order valence-electron chi connectivity index (χ4n) is 1.70. The van der Waals surface area contributed by atoms with Crippen molar-refractivity contribution in [3.8, 4) is 11.5 Å². The van der Waals surface area contributed by atoms with Crippen molar-refractivity contribution < 1.29 is 29.6 Å². The van der Waals surface area contributed by atoms with Crippen LogP contribution in [0.25, 0.3) is 0 Å². The van der Waals surface area contributed by atoms with E-state index in [0.717, 1.165) is 0 Å². The summed E-state index contributed by atoms with van der Waals surface area (Å²) >= 11 is 0. The first-order chi connectivity index (χ1) is 8.81. The van der Waals surface area contributed by atoms with Gasteiger partial charge < -0.3 is 20.1 Å². The SMILES string of the molecule is COc1ccc(C(=O)[C@H](C)[C@@H](O)C(=O)O)c(O)c1C. The number of aliphatic hydroxyl groups excluding tert-OH is 1. The average Bonchev–Trinajstić information content (AvgIpc) is 2.39. The number of aromatic hydroxyl groups is 1. The molecule has 0 heterocycles. The van der Waals surface area contributed by atoms with Crippen LogP contribution in [0.1, 0.15) is 22.8 Å². The minimum absolute atomic E-state index is 0.0360. The van der Waals surface area contributed by atoms with Gasteiger partial charge in [-0.25, -0.2) is 4.79 Å². The summed E-state index contributed by atoms with van der Waals surface area (Å²) < 4.78 is 4.99. The lowest BCUT2D eigenvalue weighted by Crippen LogP contribution is -2.32. The van der Waals surface area contributed by atoms with Gasteiger partial charge >= 0.3 is 5.97 Å². The summed E-state index contributed by atoms with van der Waals surface area (Å²) in [6.07, 6.45) is -1.81. The number of benzene rings is 1. The monoisotopic (exact) mass is 268 g/mol. The molecule has 0 aliphatic carbocycles. The minimum atomic E-state index is -1.81. The van der Waals surface area contributed by atoms with Crippen molar-refractivity contribution in [1.29, 1.82) is 0 Å². The molecule has 0 unspecified atom stereocenters. The van der Waals surface area contributed by atoms with E-state index in [1.807, 2.05) is 0 Å². The molecule has 0 saturated heterocycles. The summed E-state index contributed by atoms with van der Waals surface area (Å²) in [5, 5.41) is 27.9. The van der Waals surface area contributed by atoms with Gasteiger partial charge in [0.05, 0.1) is 18.6 Å². The molecule has 1 aromatic carbocycles. The summed E-state index contributed by atoms with van der Waals surface area (Å²) in [7, 11) is 1.43. The predicted octanol–water partition coefficient (Wildman–Crippen LogP) is 0.974. The number of carboxylic acids is 1. The van der Waals surface area contributed by atoms with Gasteiger partial charge in [0.1, 0.15) is 11.5 Å². The molecule has 0 aliphatic heterocycles. The number of aliphatic hydroxyl groups is 1. The van der Waals surface area contributed by atoms with Crippen molar-refractivity contribution in [2.45, 2.75) is 20.0 Å². The summed E-state index contributed by atoms with van der Waals surface area (Å²) in [5.74, 6) is -3.13. The minimum Gasteiger partial charge on any atom is -0.507 e. The summed E-state index contributed by atoms with van der Waals surface area (Å²) in [6.45, 7) is 2.86. The number of Topliss-reactive ketones (excluding diaryl/α,β-unsaturated/α-hetero) is 1. The summed E-state index contributed by atoms with van der Waals surface area (Å²) in [6, 6.07) is 2.84. The van der Waals surface area contributed by atoms with Gasteiger partial charge in [-0.1, -0.05) is 6.92 Å². The van der Waals surface area contributed by atoms with Crippen LogP contribution in [0.5, 0.6) is 11.5 Å². The Hall–Kier alpha value is -2.08. The van der Waals surface area contributed by atoms with Gasteiger partial charge in [-0.05, 0) is 19.1 Å². The molecular weight excluding hydrogens is 252 g/mol. The molecule has 0 spiro atoms. The van der Waals surface area contributed by atoms with E-state index >= 15 is 0 Å². The number of hydrogen-bond donors (Lipinski definition) is 3. The number of hydrogen-bond acceptors (Lipinski definition) is 5. The molecule has 2 atom stereocenters. The summed E-state index contributed by atoms with van der Waals surface area (Å²) in [5.41, 5.74) is 0.344. The van der Waals surface area contributed by atoms with Gasteiger partial charge in [0.25, 0.3) is 0 Å². The third-order valence-electron chi connectivity index (χ3n) is 3.01. The lowest BCUT2D eigenvalue weighted by atomic mass is 9.92. The van der Waals surface area contributed by atoms with Gasteiger partial charge in [0.2, 0.25) is 0 Å². The lowest BCUT2D eigenvalue weighted by Gasteiger charge is -2.16. The van der Waals surface area contributed by atoms with Crippen LogP contribution >= 0.6 is 0 Å². The van der Waals surface area contributed by atoms with Crippen LogP contribution in [0.3, 0.4) is 0 Å². The molecule has 0 bridgehead atoms. The number of carbonyl (C=O) groups is 2. The lowest BCUT2D eigenvalue weighted by molar-refractivity contribution is -0.148. The number of ketones is 1. The maximum atomic E-state index is 12.0. The van der Waals surface area contributed by atoms with Crippen LogP contribution in [0, 0.1) is 12.8 Å². The Morgan fingerprint density at radius 2 is 1.89 bits per heavy atom. The number of phenols is 1. The van der Waals surface area contributed by atoms with Gasteiger partial charge in [-0.15, -0.1) is 0 Å². The number of carboxylic acid groups (broad SMARTS) is 1. The fraction of sp³-hybridized carbons (Fsp3) is 0.385. The Morgan fingerprint density at radius 1 is 1.32 bits per heavy atom. The molecule has 19 heavy (non-hydrogen) atoms. The van der Waals surface area contributed by atoms with Gasteiger partial charge in [0.15, 0.2) is 11.9 Å². The van der Waals surface area contributed by atoms with E-state index in [9.17, 15) is 19.8 Å². The Labute approximate surface area is 110 Å². The van der Waals surface area contributed by atoms with Gasteiger partial charge in [-0.3, -0.25) is 4.79 Å². The second-order valence-corrected chi connectivity index (χ2v) is 4.22. The molecule has 0 aromatic heterocycles. The first-order valence-corrected chi connectivity index (χ1v) is 5.62. The fourth-order valence-corrected chi connectivity index (χ4v) is 1.70. The third kappa shape index (κ3) is 2.85. The van der Waals surface area contributed by atoms with E-state index in [1.165, 1.54) is 26.2 Å². The Bertz CT molecular complexity index is 508. The van der Waals surface area contributed by atoms with Crippen LogP contribution in [-0.4, -0.2) is 40.3 Å². The van der Waals surface area contributed by atoms with E-state index in [4.69, 9.17) is 9.84 Å². The van der Waals surface area contributed by atoms with Crippen LogP contribution in [0.15, 0.2) is 12.1 Å². The van der Waals surface area contributed by atoms with Crippen molar-refractivity contribution in [3.63, 3.8) is 0 Å². The molecule has 6 nitrogen and oxygen atoms in total. The number of rotatable bonds is 5. The second-order valence-electron chi connectivity index (χ2n) is 4.22. The van der Waals surface area contributed by atoms with E-state index in [1.54, 1.807) is 6.92 Å². The van der Waals surface area contributed by atoms with E-state index in [2.05, 4.69) is 0 Å². The van der Waals surface area contributed by atoms with Gasteiger partial charge in [-0.2, -0.15) is 0 Å². The zero-order chi connectivity index (χ0) is 14.7. The van der Waals surface area contributed by atoms with Crippen molar-refractivity contribution in [2.75, 3.05) is 7.11 Å². The highest BCUT2D eigenvalue weighted by Crippen LogP contribution is 2.32. The largest absolute Gasteiger partial charge is 0.507 e. The molecule has 0 saturated carbocycles. The molecule has 104 valence electrons. The van der Waals surface area contributed by atoms with E-state index in [0.29, 0.717) is 11.3 Å². The second kappa shape index (κ2) is 5.71. The van der Waals surface area contributed by atoms with Crippen molar-refractivity contribution in [3.05, 3.63) is 23.3 Å². The number of phenolic OH excluding ortho intramolecular Hbond substituents is 1. The topological polar surface area (TPSA) is 104 Å². The van der Waals surface area contributed by atoms with Crippen LogP contribution < -0.4 is 4.74 Å². The zero-order valence-electron chi connectivity index (χ0n) is 10.9. The highest BCUT2D eigenvalue weighted by atomic mass is 16.5. The van der Waals surface area contributed by atoms with Crippen molar-refractivity contribution in [1.82, 2.24) is 0 Å². The highest BCUT2D eigenvalue weighted by Gasteiger charge is 2.30. The average molecular weight is 268 g/mol. The summed E-state index contributed by atoms with van der Waals surface area (Å²) in [4.78, 5) is 22.7. The standard InChI is InChI=1S/C13H16O6/c1-6-9(19-3)5-4-8(10(6)14)11(15)7(2)12(16)13(17)18/h4-5,7,12,14,16H,1-3H3,(H,17,18)/t7-,12+/m0/s1. The van der Waals surface area contributed by atoms with Gasteiger partial charge in [0, 0.05) is 5.56 Å². The molecule has 0 radical (unpaired) electrons. The van der Waals surface area contributed by atoms with Crippen molar-refractivity contribution >= 4 is 11.8 Å². The third-order valence-corrected chi connectivity index (χ3v) is 3.01. The molecule has 0 fully saturated rings. The van der Waals surface area contributed by atoms with Crippen LogP contribution in [0.2, 0.25) is 0 Å². The quantitative estimate of drug-likeness (QED) is 0.687. The van der Waals surface area contributed by atoms with Crippen LogP contribution in [0.4, 0.5) is 0 Å². The first kappa shape index (κ1) is 15.0. The molecular formula is C13H16O6. The number of carbonyl (C=O) groups excluding carboxylic acids is 1. The van der Waals surface area contributed by atoms with E-state index < -0.39 is 23.8 Å². The van der Waals surface area contributed by atoms with Crippen molar-refractivity contribution in [2.24, 2.45) is 5.92 Å². The Balaban J connectivity index is 3.14. The number of ether oxygens (including phenoxy) is 1. The Kier molecular flexibility index (Phi) is 4.50. The number of aliphatic carboxylic acids is 1. The molecule has 1 rings (SSSR count).